The van der Waals surface area contributed by atoms with Crippen LogP contribution in [0.3, 0.4) is 0 Å². The first-order chi connectivity index (χ1) is 9.35. The Morgan fingerprint density at radius 3 is 2.53 bits per heavy atom. The number of rotatable bonds is 3. The number of fused-ring (bicyclic) bond motifs is 1. The quantitative estimate of drug-likeness (QED) is 0.779. The highest BCUT2D eigenvalue weighted by Crippen LogP contribution is 2.37. The van der Waals surface area contributed by atoms with Crippen LogP contribution in [0.25, 0.3) is 21.9 Å². The molecule has 0 aliphatic rings. The molecule has 3 heteroatoms. The molecule has 1 heterocycles. The molecule has 0 spiro atoms. The molecule has 2 aromatic carbocycles. The van der Waals surface area contributed by atoms with E-state index in [-0.39, 0.29) is 0 Å². The summed E-state index contributed by atoms with van der Waals surface area (Å²) >= 11 is 1.71. The lowest BCUT2D eigenvalue weighted by atomic mass is 9.98. The summed E-state index contributed by atoms with van der Waals surface area (Å²) in [6.07, 6.45) is 0. The van der Waals surface area contributed by atoms with E-state index in [1.54, 1.807) is 18.4 Å². The Morgan fingerprint density at radius 1 is 1.00 bits per heavy atom. The maximum Gasteiger partial charge on any atom is 0.126 e. The largest absolute Gasteiger partial charge is 0.496 e. The van der Waals surface area contributed by atoms with E-state index in [4.69, 9.17) is 10.5 Å². The molecule has 0 radical (unpaired) electrons. The number of methoxy groups -OCH3 is 1. The van der Waals surface area contributed by atoms with Crippen LogP contribution >= 0.6 is 11.3 Å². The van der Waals surface area contributed by atoms with Crippen molar-refractivity contribution in [3.8, 4) is 16.9 Å². The van der Waals surface area contributed by atoms with Gasteiger partial charge in [-0.25, -0.2) is 0 Å². The van der Waals surface area contributed by atoms with E-state index in [2.05, 4.69) is 35.7 Å². The molecule has 0 aliphatic heterocycles. The van der Waals surface area contributed by atoms with Crippen molar-refractivity contribution in [3.63, 3.8) is 0 Å². The highest BCUT2D eigenvalue weighted by atomic mass is 32.1. The van der Waals surface area contributed by atoms with Gasteiger partial charge in [0.25, 0.3) is 0 Å². The van der Waals surface area contributed by atoms with Crippen molar-refractivity contribution in [1.29, 1.82) is 0 Å². The molecule has 0 saturated carbocycles. The van der Waals surface area contributed by atoms with Gasteiger partial charge in [-0.1, -0.05) is 30.3 Å². The number of ether oxygens (including phenoxy) is 1. The lowest BCUT2D eigenvalue weighted by Gasteiger charge is -2.10. The topological polar surface area (TPSA) is 35.2 Å². The number of hydrogen-bond acceptors (Lipinski definition) is 3. The number of benzene rings is 2. The highest BCUT2D eigenvalue weighted by molar-refractivity contribution is 7.10. The van der Waals surface area contributed by atoms with E-state index in [9.17, 15) is 0 Å². The van der Waals surface area contributed by atoms with Crippen LogP contribution in [0, 0.1) is 0 Å². The van der Waals surface area contributed by atoms with Gasteiger partial charge in [0.05, 0.1) is 7.11 Å². The van der Waals surface area contributed by atoms with E-state index in [0.29, 0.717) is 6.54 Å². The van der Waals surface area contributed by atoms with Crippen molar-refractivity contribution in [3.05, 3.63) is 52.7 Å². The van der Waals surface area contributed by atoms with Crippen LogP contribution in [0.4, 0.5) is 0 Å². The number of nitrogens with two attached hydrogens (primary N) is 1. The first kappa shape index (κ1) is 12.2. The Bertz CT molecular complexity index is 718. The van der Waals surface area contributed by atoms with Gasteiger partial charge in [0, 0.05) is 16.8 Å². The van der Waals surface area contributed by atoms with Gasteiger partial charge in [0.1, 0.15) is 5.75 Å². The van der Waals surface area contributed by atoms with E-state index in [1.165, 1.54) is 21.4 Å². The molecule has 0 bridgehead atoms. The zero-order chi connectivity index (χ0) is 13.2. The van der Waals surface area contributed by atoms with Crippen molar-refractivity contribution >= 4 is 22.1 Å². The fraction of sp³-hybridized carbons (Fsp3) is 0.125. The zero-order valence-electron chi connectivity index (χ0n) is 10.7. The Hall–Kier alpha value is -1.84. The maximum absolute atomic E-state index is 5.82. The van der Waals surface area contributed by atoms with Crippen molar-refractivity contribution in [2.75, 3.05) is 7.11 Å². The molecular formula is C16H15NOS. The second-order valence-corrected chi connectivity index (χ2v) is 5.32. The van der Waals surface area contributed by atoms with Crippen molar-refractivity contribution in [1.82, 2.24) is 0 Å². The fourth-order valence-electron chi connectivity index (χ4n) is 2.42. The maximum atomic E-state index is 5.82. The molecule has 0 unspecified atom stereocenters. The smallest absolute Gasteiger partial charge is 0.126 e. The molecule has 3 rings (SSSR count). The van der Waals surface area contributed by atoms with Gasteiger partial charge in [0.15, 0.2) is 0 Å². The molecule has 0 aliphatic carbocycles. The molecule has 19 heavy (non-hydrogen) atoms. The first-order valence-electron chi connectivity index (χ1n) is 6.17. The standard InChI is InChI=1S/C16H15NOS/c1-18-15-7-6-12(11-4-2-3-5-13(11)15)14-8-9-19-16(14)10-17/h2-9H,10,17H2,1H3. The minimum Gasteiger partial charge on any atom is -0.496 e. The summed E-state index contributed by atoms with van der Waals surface area (Å²) in [4.78, 5) is 1.22. The average molecular weight is 269 g/mol. The summed E-state index contributed by atoms with van der Waals surface area (Å²) in [5.41, 5.74) is 8.27. The summed E-state index contributed by atoms with van der Waals surface area (Å²) in [5, 5.41) is 4.43. The van der Waals surface area contributed by atoms with Crippen LogP contribution in [0.1, 0.15) is 4.88 Å². The van der Waals surface area contributed by atoms with Crippen LogP contribution in [0.15, 0.2) is 47.8 Å². The molecule has 1 aromatic heterocycles. The van der Waals surface area contributed by atoms with Crippen LogP contribution < -0.4 is 10.5 Å². The molecule has 96 valence electrons. The summed E-state index contributed by atoms with van der Waals surface area (Å²) in [6.45, 7) is 0.577. The van der Waals surface area contributed by atoms with Gasteiger partial charge in [-0.15, -0.1) is 11.3 Å². The monoisotopic (exact) mass is 269 g/mol. The van der Waals surface area contributed by atoms with Crippen LogP contribution in [-0.2, 0) is 6.54 Å². The summed E-state index contributed by atoms with van der Waals surface area (Å²) < 4.78 is 5.43. The van der Waals surface area contributed by atoms with Crippen LogP contribution in [0.2, 0.25) is 0 Å². The molecule has 0 amide bonds. The predicted octanol–water partition coefficient (Wildman–Crippen LogP) is 4.04. The van der Waals surface area contributed by atoms with E-state index in [0.717, 1.165) is 11.1 Å². The minimum atomic E-state index is 0.577. The van der Waals surface area contributed by atoms with Gasteiger partial charge < -0.3 is 10.5 Å². The van der Waals surface area contributed by atoms with E-state index < -0.39 is 0 Å². The van der Waals surface area contributed by atoms with Gasteiger partial charge >= 0.3 is 0 Å². The SMILES string of the molecule is COc1ccc(-c2ccsc2CN)c2ccccc12. The normalized spacial score (nSPS) is 10.8. The Morgan fingerprint density at radius 2 is 1.79 bits per heavy atom. The zero-order valence-corrected chi connectivity index (χ0v) is 11.5. The lowest BCUT2D eigenvalue weighted by molar-refractivity contribution is 0.420. The lowest BCUT2D eigenvalue weighted by Crippen LogP contribution is -1.95. The van der Waals surface area contributed by atoms with Gasteiger partial charge in [0.2, 0.25) is 0 Å². The second-order valence-electron chi connectivity index (χ2n) is 4.32. The third-order valence-corrected chi connectivity index (χ3v) is 4.27. The molecule has 2 nitrogen and oxygen atoms in total. The summed E-state index contributed by atoms with van der Waals surface area (Å²) in [6, 6.07) is 14.6. The second kappa shape index (κ2) is 5.03. The minimum absolute atomic E-state index is 0.577. The molecule has 3 aromatic rings. The fourth-order valence-corrected chi connectivity index (χ4v) is 3.19. The number of hydrogen-bond donors (Lipinski definition) is 1. The molecular weight excluding hydrogens is 254 g/mol. The third kappa shape index (κ3) is 2.01. The predicted molar refractivity (Wildman–Crippen MR) is 81.7 cm³/mol. The van der Waals surface area contributed by atoms with Gasteiger partial charge in [-0.3, -0.25) is 0 Å². The highest BCUT2D eigenvalue weighted by Gasteiger charge is 2.11. The third-order valence-electron chi connectivity index (χ3n) is 3.32. The van der Waals surface area contributed by atoms with Crippen molar-refractivity contribution in [2.45, 2.75) is 6.54 Å². The Kier molecular flexibility index (Phi) is 3.23. The summed E-state index contributed by atoms with van der Waals surface area (Å²) in [7, 11) is 1.71. The molecule has 0 fully saturated rings. The van der Waals surface area contributed by atoms with E-state index in [1.807, 2.05) is 12.1 Å². The molecule has 0 atom stereocenters. The molecule has 0 saturated heterocycles. The van der Waals surface area contributed by atoms with E-state index >= 15 is 0 Å². The van der Waals surface area contributed by atoms with Crippen molar-refractivity contribution < 1.29 is 4.74 Å². The summed E-state index contributed by atoms with van der Waals surface area (Å²) in [5.74, 6) is 0.906. The van der Waals surface area contributed by atoms with Crippen molar-refractivity contribution in [2.24, 2.45) is 5.73 Å². The first-order valence-corrected chi connectivity index (χ1v) is 7.05. The van der Waals surface area contributed by atoms with Crippen LogP contribution in [0.5, 0.6) is 5.75 Å². The van der Waals surface area contributed by atoms with Gasteiger partial charge in [-0.2, -0.15) is 0 Å². The Labute approximate surface area is 116 Å². The number of thiophene rings is 1. The average Bonchev–Trinajstić information content (AvgIpc) is 2.94. The van der Waals surface area contributed by atoms with Crippen LogP contribution in [-0.4, -0.2) is 7.11 Å². The Balaban J connectivity index is 2.31. The molecule has 2 N–H and O–H groups in total. The van der Waals surface area contributed by atoms with Gasteiger partial charge in [-0.05, 0) is 34.0 Å².